The number of fused-ring (bicyclic) bond motifs is 8. The number of rotatable bonds is 1. The minimum absolute atomic E-state index is 0.0411. The fraction of sp³-hybridized carbons (Fsp3) is 0.143. The second-order valence-electron chi connectivity index (χ2n) is 8.24. The third kappa shape index (κ3) is 2.44. The highest BCUT2D eigenvalue weighted by molar-refractivity contribution is 6.28. The second kappa shape index (κ2) is 6.18. The van der Waals surface area contributed by atoms with Crippen molar-refractivity contribution in [2.45, 2.75) is 19.3 Å². The molecule has 0 aliphatic carbocycles. The van der Waals surface area contributed by atoms with Gasteiger partial charge < -0.3 is 4.74 Å². The molecule has 162 valence electrons. The smallest absolute Gasteiger partial charge is 0.261 e. The van der Waals surface area contributed by atoms with Gasteiger partial charge in [0.2, 0.25) is 10.6 Å². The van der Waals surface area contributed by atoms with E-state index >= 15 is 0 Å². The van der Waals surface area contributed by atoms with E-state index in [2.05, 4.69) is 46.1 Å². The van der Waals surface area contributed by atoms with Crippen LogP contribution in [0.15, 0.2) is 42.5 Å². The van der Waals surface area contributed by atoms with Crippen LogP contribution in [-0.2, 0) is 5.41 Å². The highest BCUT2D eigenvalue weighted by atomic mass is 35.5. The summed E-state index contributed by atoms with van der Waals surface area (Å²) in [5.41, 5.74) is 2.64. The second-order valence-corrected chi connectivity index (χ2v) is 8.91. The Labute approximate surface area is 195 Å². The van der Waals surface area contributed by atoms with Crippen LogP contribution in [0.25, 0.3) is 28.7 Å². The Balaban J connectivity index is 1.53. The maximum absolute atomic E-state index is 6.38. The molecular formula is C21H13Cl2N9O. The third-order valence-electron chi connectivity index (χ3n) is 5.99. The lowest BCUT2D eigenvalue weighted by molar-refractivity contribution is 0.419. The van der Waals surface area contributed by atoms with E-state index in [1.807, 2.05) is 30.3 Å². The molecule has 2 aromatic carbocycles. The molecule has 4 aromatic heterocycles. The predicted octanol–water partition coefficient (Wildman–Crippen LogP) is 4.22. The van der Waals surface area contributed by atoms with Gasteiger partial charge in [0.15, 0.2) is 5.82 Å². The topological polar surface area (TPSA) is 99.8 Å². The van der Waals surface area contributed by atoms with Crippen molar-refractivity contribution in [3.63, 3.8) is 0 Å². The van der Waals surface area contributed by atoms with Gasteiger partial charge in [0.25, 0.3) is 17.3 Å². The van der Waals surface area contributed by atoms with E-state index in [1.54, 1.807) is 0 Å². The molecule has 0 radical (unpaired) electrons. The molecule has 5 heterocycles. The van der Waals surface area contributed by atoms with Gasteiger partial charge in [-0.15, -0.1) is 15.3 Å². The maximum atomic E-state index is 6.38. The predicted molar refractivity (Wildman–Crippen MR) is 120 cm³/mol. The summed E-state index contributed by atoms with van der Waals surface area (Å²) in [5, 5.41) is 13.2. The summed E-state index contributed by atoms with van der Waals surface area (Å²) in [5.74, 6) is 2.97. The Morgan fingerprint density at radius 3 is 2.06 bits per heavy atom. The number of hydrogen-bond acceptors (Lipinski definition) is 7. The Morgan fingerprint density at radius 2 is 1.33 bits per heavy atom. The molecule has 0 amide bonds. The minimum atomic E-state index is -0.264. The van der Waals surface area contributed by atoms with E-state index < -0.39 is 0 Å². The third-order valence-corrected chi connectivity index (χ3v) is 6.31. The average Bonchev–Trinajstić information content (AvgIpc) is 3.49. The van der Waals surface area contributed by atoms with E-state index in [-0.39, 0.29) is 16.0 Å². The maximum Gasteiger partial charge on any atom is 0.261 e. The summed E-state index contributed by atoms with van der Waals surface area (Å²) in [7, 11) is 0. The number of aromatic nitrogens is 9. The fourth-order valence-electron chi connectivity index (χ4n) is 4.43. The van der Waals surface area contributed by atoms with Gasteiger partial charge in [-0.05, 0) is 35.3 Å². The first-order valence-electron chi connectivity index (χ1n) is 10.1. The van der Waals surface area contributed by atoms with Crippen molar-refractivity contribution < 1.29 is 4.74 Å². The Kier molecular flexibility index (Phi) is 3.52. The first-order valence-corrected chi connectivity index (χ1v) is 10.8. The Hall–Kier alpha value is -3.76. The van der Waals surface area contributed by atoms with Crippen molar-refractivity contribution in [3.8, 4) is 22.9 Å². The van der Waals surface area contributed by atoms with Crippen LogP contribution in [0.4, 0.5) is 0 Å². The zero-order valence-electron chi connectivity index (χ0n) is 17.2. The van der Waals surface area contributed by atoms with Crippen LogP contribution in [0, 0.1) is 0 Å². The number of para-hydroxylation sites is 2. The highest BCUT2D eigenvalue weighted by Crippen LogP contribution is 2.50. The van der Waals surface area contributed by atoms with E-state index in [9.17, 15) is 0 Å². The van der Waals surface area contributed by atoms with E-state index in [4.69, 9.17) is 38.0 Å². The number of benzene rings is 2. The van der Waals surface area contributed by atoms with Gasteiger partial charge in [-0.1, -0.05) is 44.2 Å². The monoisotopic (exact) mass is 477 g/mol. The first-order chi connectivity index (χ1) is 15.9. The van der Waals surface area contributed by atoms with E-state index in [0.29, 0.717) is 28.9 Å². The molecule has 0 bridgehead atoms. The normalized spacial score (nSPS) is 14.5. The van der Waals surface area contributed by atoms with Crippen molar-refractivity contribution in [2.24, 2.45) is 0 Å². The fourth-order valence-corrected chi connectivity index (χ4v) is 4.74. The van der Waals surface area contributed by atoms with Crippen LogP contribution in [0.3, 0.4) is 0 Å². The van der Waals surface area contributed by atoms with Crippen LogP contribution in [0.2, 0.25) is 10.6 Å². The standard InChI is InChI=1S/C21H13Cl2N9O/c1-21(2)11-7-3-4-9-13(11)33-14-10(6-5-8-12(14)21)15-24-18-30(27-15)19-25-16(22)29-32(19)20-26-17(23)28-31(18)20/h3-9H,1-2H3. The molecule has 7 rings (SSSR count). The van der Waals surface area contributed by atoms with Crippen LogP contribution in [0.1, 0.15) is 25.0 Å². The zero-order valence-corrected chi connectivity index (χ0v) is 18.7. The molecular weight excluding hydrogens is 465 g/mol. The molecule has 6 aromatic rings. The highest BCUT2D eigenvalue weighted by Gasteiger charge is 2.36. The van der Waals surface area contributed by atoms with Crippen molar-refractivity contribution in [2.75, 3.05) is 0 Å². The molecule has 0 saturated carbocycles. The molecule has 0 saturated heterocycles. The Bertz CT molecular complexity index is 1690. The average molecular weight is 478 g/mol. The van der Waals surface area contributed by atoms with Gasteiger partial charge in [0.1, 0.15) is 11.5 Å². The number of hydrogen-bond donors (Lipinski definition) is 0. The summed E-state index contributed by atoms with van der Waals surface area (Å²) in [6.45, 7) is 4.35. The van der Waals surface area contributed by atoms with Crippen molar-refractivity contribution in [1.82, 2.24) is 43.8 Å². The molecule has 0 unspecified atom stereocenters. The van der Waals surface area contributed by atoms with Gasteiger partial charge in [-0.25, -0.2) is 0 Å². The van der Waals surface area contributed by atoms with Crippen LogP contribution < -0.4 is 4.74 Å². The quantitative estimate of drug-likeness (QED) is 0.349. The summed E-state index contributed by atoms with van der Waals surface area (Å²) in [4.78, 5) is 13.2. The molecule has 1 aliphatic rings. The molecule has 10 nitrogen and oxygen atoms in total. The van der Waals surface area contributed by atoms with E-state index in [0.717, 1.165) is 22.4 Å². The molecule has 0 fully saturated rings. The van der Waals surface area contributed by atoms with Gasteiger partial charge in [0.05, 0.1) is 5.56 Å². The summed E-state index contributed by atoms with van der Waals surface area (Å²) in [6.07, 6.45) is 0. The number of nitrogens with zero attached hydrogens (tertiary/aromatic N) is 9. The van der Waals surface area contributed by atoms with Crippen LogP contribution in [0.5, 0.6) is 11.5 Å². The van der Waals surface area contributed by atoms with Crippen molar-refractivity contribution in [3.05, 3.63) is 64.2 Å². The number of halogens is 2. The first kappa shape index (κ1) is 18.8. The van der Waals surface area contributed by atoms with Gasteiger partial charge in [-0.2, -0.15) is 28.5 Å². The molecule has 0 spiro atoms. The van der Waals surface area contributed by atoms with Crippen LogP contribution >= 0.6 is 23.2 Å². The zero-order chi connectivity index (χ0) is 22.5. The summed E-state index contributed by atoms with van der Waals surface area (Å²) < 4.78 is 10.8. The summed E-state index contributed by atoms with van der Waals surface area (Å²) >= 11 is 12.1. The van der Waals surface area contributed by atoms with Crippen LogP contribution in [-0.4, -0.2) is 43.8 Å². The van der Waals surface area contributed by atoms with E-state index in [1.165, 1.54) is 13.5 Å². The SMILES string of the molecule is CC1(C)c2ccccc2Oc2c(-c3nc4n5nc(Cl)nc5n5nc(Cl)nc5n4n3)cccc21. The van der Waals surface area contributed by atoms with Gasteiger partial charge >= 0.3 is 0 Å². The lowest BCUT2D eigenvalue weighted by Crippen LogP contribution is -2.24. The molecule has 0 N–H and O–H groups in total. The Morgan fingerprint density at radius 1 is 0.727 bits per heavy atom. The lowest BCUT2D eigenvalue weighted by atomic mass is 9.75. The van der Waals surface area contributed by atoms with Gasteiger partial charge in [0, 0.05) is 16.5 Å². The molecule has 1 aliphatic heterocycles. The molecule has 33 heavy (non-hydrogen) atoms. The van der Waals surface area contributed by atoms with Crippen molar-refractivity contribution >= 4 is 40.5 Å². The molecule has 12 heteroatoms. The number of ether oxygens (including phenoxy) is 1. The lowest BCUT2D eigenvalue weighted by Gasteiger charge is -2.35. The minimum Gasteiger partial charge on any atom is -0.456 e. The van der Waals surface area contributed by atoms with Gasteiger partial charge in [-0.3, -0.25) is 0 Å². The molecule has 0 atom stereocenters. The summed E-state index contributed by atoms with van der Waals surface area (Å²) in [6, 6.07) is 14.0. The largest absolute Gasteiger partial charge is 0.456 e. The van der Waals surface area contributed by atoms with Crippen molar-refractivity contribution in [1.29, 1.82) is 0 Å².